The topological polar surface area (TPSA) is 96.0 Å². The Morgan fingerprint density at radius 2 is 1.44 bits per heavy atom. The number of hydrogen-bond acceptors (Lipinski definition) is 5. The summed E-state index contributed by atoms with van der Waals surface area (Å²) in [6.45, 7) is 10.2. The van der Waals surface area contributed by atoms with E-state index in [1.807, 2.05) is 58.9 Å². The van der Waals surface area contributed by atoms with E-state index in [9.17, 15) is 18.0 Å². The van der Waals surface area contributed by atoms with Crippen molar-refractivity contribution >= 4 is 27.5 Å². The van der Waals surface area contributed by atoms with Crippen molar-refractivity contribution in [3.8, 4) is 5.75 Å². The largest absolute Gasteiger partial charge is 0.494 e. The van der Waals surface area contributed by atoms with Crippen molar-refractivity contribution in [3.05, 3.63) is 89.5 Å². The van der Waals surface area contributed by atoms with Crippen molar-refractivity contribution in [1.29, 1.82) is 0 Å². The molecule has 0 saturated heterocycles. The zero-order valence-electron chi connectivity index (χ0n) is 24.6. The SMILES string of the molecule is CCCNC(=O)[C@H](CC)N(Cc1ccc(C)cc1)C(=O)CN(c1ccc(C)cc1)S(=O)(=O)c1ccc(OCC)cc1. The second kappa shape index (κ2) is 14.7. The van der Waals surface area contributed by atoms with Crippen molar-refractivity contribution in [1.82, 2.24) is 10.2 Å². The number of carbonyl (C=O) groups excluding carboxylic acids is 2. The molecule has 0 bridgehead atoms. The van der Waals surface area contributed by atoms with Crippen molar-refractivity contribution in [2.24, 2.45) is 0 Å². The summed E-state index contributed by atoms with van der Waals surface area (Å²) in [4.78, 5) is 28.8. The minimum atomic E-state index is -4.14. The number of amides is 2. The van der Waals surface area contributed by atoms with Crippen LogP contribution in [0.3, 0.4) is 0 Å². The van der Waals surface area contributed by atoms with Gasteiger partial charge in [0.15, 0.2) is 0 Å². The molecule has 0 aliphatic rings. The van der Waals surface area contributed by atoms with Gasteiger partial charge < -0.3 is 15.0 Å². The summed E-state index contributed by atoms with van der Waals surface area (Å²) < 4.78 is 34.6. The van der Waals surface area contributed by atoms with E-state index < -0.39 is 28.5 Å². The fourth-order valence-electron chi connectivity index (χ4n) is 4.42. The molecule has 2 amide bonds. The summed E-state index contributed by atoms with van der Waals surface area (Å²) in [6.07, 6.45) is 1.14. The van der Waals surface area contributed by atoms with Gasteiger partial charge in [-0.2, -0.15) is 0 Å². The Morgan fingerprint density at radius 3 is 1.98 bits per heavy atom. The number of sulfonamides is 1. The van der Waals surface area contributed by atoms with Crippen molar-refractivity contribution in [2.45, 2.75) is 64.9 Å². The number of ether oxygens (including phenoxy) is 1. The normalized spacial score (nSPS) is 11.9. The number of nitrogens with one attached hydrogen (secondary N) is 1. The van der Waals surface area contributed by atoms with E-state index in [2.05, 4.69) is 5.32 Å². The molecular formula is C32H41N3O5S. The van der Waals surface area contributed by atoms with Gasteiger partial charge in [0.2, 0.25) is 11.8 Å². The molecule has 9 heteroatoms. The highest BCUT2D eigenvalue weighted by Gasteiger charge is 2.33. The lowest BCUT2D eigenvalue weighted by Gasteiger charge is -2.33. The third-order valence-corrected chi connectivity index (χ3v) is 8.52. The smallest absolute Gasteiger partial charge is 0.264 e. The van der Waals surface area contributed by atoms with Gasteiger partial charge >= 0.3 is 0 Å². The van der Waals surface area contributed by atoms with Crippen molar-refractivity contribution < 1.29 is 22.7 Å². The first-order valence-corrected chi connectivity index (χ1v) is 15.5. The number of benzene rings is 3. The van der Waals surface area contributed by atoms with E-state index in [0.717, 1.165) is 27.4 Å². The van der Waals surface area contributed by atoms with E-state index in [0.29, 0.717) is 31.0 Å². The van der Waals surface area contributed by atoms with E-state index in [1.165, 1.54) is 17.0 Å². The van der Waals surface area contributed by atoms with Crippen LogP contribution in [0.1, 0.15) is 50.3 Å². The van der Waals surface area contributed by atoms with Crippen LogP contribution in [0.5, 0.6) is 5.75 Å². The lowest BCUT2D eigenvalue weighted by Crippen LogP contribution is -2.52. The van der Waals surface area contributed by atoms with Gasteiger partial charge in [0.1, 0.15) is 18.3 Å². The van der Waals surface area contributed by atoms with Gasteiger partial charge in [-0.15, -0.1) is 0 Å². The molecule has 3 rings (SSSR count). The number of rotatable bonds is 14. The first-order valence-electron chi connectivity index (χ1n) is 14.1. The predicted octanol–water partition coefficient (Wildman–Crippen LogP) is 5.23. The second-order valence-electron chi connectivity index (χ2n) is 9.97. The molecule has 0 aliphatic heterocycles. The molecule has 3 aromatic carbocycles. The maximum Gasteiger partial charge on any atom is 0.264 e. The molecule has 0 radical (unpaired) electrons. The highest BCUT2D eigenvalue weighted by atomic mass is 32.2. The Morgan fingerprint density at radius 1 is 0.854 bits per heavy atom. The number of aryl methyl sites for hydroxylation is 2. The minimum Gasteiger partial charge on any atom is -0.494 e. The fraction of sp³-hybridized carbons (Fsp3) is 0.375. The molecule has 220 valence electrons. The monoisotopic (exact) mass is 579 g/mol. The van der Waals surface area contributed by atoms with Crippen LogP contribution in [0.15, 0.2) is 77.7 Å². The molecule has 0 aliphatic carbocycles. The number of nitrogens with zero attached hydrogens (tertiary/aromatic N) is 2. The van der Waals surface area contributed by atoms with Crippen LogP contribution in [-0.4, -0.2) is 50.9 Å². The molecule has 8 nitrogen and oxygen atoms in total. The van der Waals surface area contributed by atoms with Gasteiger partial charge in [-0.25, -0.2) is 8.42 Å². The van der Waals surface area contributed by atoms with Gasteiger partial charge in [0, 0.05) is 13.1 Å². The second-order valence-corrected chi connectivity index (χ2v) is 11.8. The van der Waals surface area contributed by atoms with Crippen LogP contribution >= 0.6 is 0 Å². The summed E-state index contributed by atoms with van der Waals surface area (Å²) in [6, 6.07) is 20.1. The average Bonchev–Trinajstić information content (AvgIpc) is 2.96. The summed E-state index contributed by atoms with van der Waals surface area (Å²) in [7, 11) is -4.14. The van der Waals surface area contributed by atoms with Crippen molar-refractivity contribution in [2.75, 3.05) is 24.0 Å². The summed E-state index contributed by atoms with van der Waals surface area (Å²) >= 11 is 0. The zero-order valence-corrected chi connectivity index (χ0v) is 25.4. The Kier molecular flexibility index (Phi) is 11.3. The van der Waals surface area contributed by atoms with Crippen LogP contribution in [0.4, 0.5) is 5.69 Å². The van der Waals surface area contributed by atoms with Crippen LogP contribution in [-0.2, 0) is 26.2 Å². The lowest BCUT2D eigenvalue weighted by atomic mass is 10.1. The van der Waals surface area contributed by atoms with Gasteiger partial charge in [0.05, 0.1) is 17.2 Å². The summed E-state index contributed by atoms with van der Waals surface area (Å²) in [5.41, 5.74) is 3.24. The predicted molar refractivity (Wildman–Crippen MR) is 162 cm³/mol. The molecule has 0 aromatic heterocycles. The number of hydrogen-bond donors (Lipinski definition) is 1. The quantitative estimate of drug-likeness (QED) is 0.282. The average molecular weight is 580 g/mol. The first kappa shape index (κ1) is 31.7. The Bertz CT molecular complexity index is 1390. The van der Waals surface area contributed by atoms with Gasteiger partial charge in [-0.05, 0) is 75.6 Å². The standard InChI is InChI=1S/C32H41N3O5S/c1-6-21-33-32(37)30(7-2)34(22-26-13-9-24(4)10-14-26)31(36)23-35(27-15-11-25(5)12-16-27)41(38,39)29-19-17-28(18-20-29)40-8-3/h9-20,30H,6-8,21-23H2,1-5H3,(H,33,37)/t30-/m0/s1. The number of anilines is 1. The number of carbonyl (C=O) groups is 2. The van der Waals surface area contributed by atoms with Crippen LogP contribution < -0.4 is 14.4 Å². The molecule has 0 spiro atoms. The van der Waals surface area contributed by atoms with E-state index in [4.69, 9.17) is 4.74 Å². The first-order chi connectivity index (χ1) is 19.6. The highest BCUT2D eigenvalue weighted by molar-refractivity contribution is 7.92. The summed E-state index contributed by atoms with van der Waals surface area (Å²) in [5, 5.41) is 2.90. The Labute approximate surface area is 244 Å². The molecule has 0 unspecified atom stereocenters. The molecule has 1 atom stereocenters. The third kappa shape index (κ3) is 8.33. The Hall–Kier alpha value is -3.85. The highest BCUT2D eigenvalue weighted by Crippen LogP contribution is 2.26. The van der Waals surface area contributed by atoms with Crippen LogP contribution in [0.2, 0.25) is 0 Å². The molecule has 0 fully saturated rings. The van der Waals surface area contributed by atoms with E-state index in [1.54, 1.807) is 36.4 Å². The molecule has 1 N–H and O–H groups in total. The lowest BCUT2D eigenvalue weighted by molar-refractivity contribution is -0.140. The fourth-order valence-corrected chi connectivity index (χ4v) is 5.83. The maximum atomic E-state index is 14.1. The van der Waals surface area contributed by atoms with Gasteiger partial charge in [0.25, 0.3) is 10.0 Å². The van der Waals surface area contributed by atoms with Crippen LogP contribution in [0, 0.1) is 13.8 Å². The van der Waals surface area contributed by atoms with Crippen LogP contribution in [0.25, 0.3) is 0 Å². The van der Waals surface area contributed by atoms with E-state index >= 15 is 0 Å². The minimum absolute atomic E-state index is 0.0344. The maximum absolute atomic E-state index is 14.1. The van der Waals surface area contributed by atoms with Crippen molar-refractivity contribution in [3.63, 3.8) is 0 Å². The molecular weight excluding hydrogens is 538 g/mol. The Balaban J connectivity index is 2.03. The zero-order chi connectivity index (χ0) is 30.0. The van der Waals surface area contributed by atoms with Gasteiger partial charge in [-0.3, -0.25) is 13.9 Å². The van der Waals surface area contributed by atoms with E-state index in [-0.39, 0.29) is 17.3 Å². The van der Waals surface area contributed by atoms with Gasteiger partial charge in [-0.1, -0.05) is 61.4 Å². The molecule has 3 aromatic rings. The molecule has 0 saturated carbocycles. The molecule has 0 heterocycles. The third-order valence-electron chi connectivity index (χ3n) is 6.73. The molecule has 41 heavy (non-hydrogen) atoms. The summed E-state index contributed by atoms with van der Waals surface area (Å²) in [5.74, 6) is -0.178.